The number of rotatable bonds is 5. The fourth-order valence-electron chi connectivity index (χ4n) is 3.27. The molecule has 3 heterocycles. The van der Waals surface area contributed by atoms with Crippen molar-refractivity contribution in [2.24, 2.45) is 0 Å². The largest absolute Gasteiger partial charge is 0.489 e. The summed E-state index contributed by atoms with van der Waals surface area (Å²) in [5, 5.41) is 2.81. The number of carbonyl (C=O) groups excluding carboxylic acids is 1. The van der Waals surface area contributed by atoms with Crippen LogP contribution in [-0.2, 0) is 11.3 Å². The Kier molecular flexibility index (Phi) is 4.79. The third-order valence-electron chi connectivity index (χ3n) is 4.55. The number of hydrogen-bond donors (Lipinski definition) is 1. The lowest BCUT2D eigenvalue weighted by Crippen LogP contribution is -2.28. The molecule has 1 N–H and O–H groups in total. The van der Waals surface area contributed by atoms with E-state index in [0.717, 1.165) is 29.0 Å². The molecule has 27 heavy (non-hydrogen) atoms. The van der Waals surface area contributed by atoms with Crippen molar-refractivity contribution in [3.8, 4) is 5.75 Å². The van der Waals surface area contributed by atoms with Gasteiger partial charge in [-0.25, -0.2) is 4.98 Å². The monoisotopic (exact) mass is 390 g/mol. The van der Waals surface area contributed by atoms with Crippen LogP contribution in [0.4, 0.5) is 9.52 Å². The van der Waals surface area contributed by atoms with Crippen LogP contribution in [0.25, 0.3) is 11.1 Å². The van der Waals surface area contributed by atoms with Crippen LogP contribution in [-0.4, -0.2) is 39.5 Å². The second-order valence-corrected chi connectivity index (χ2v) is 7.73. The molecule has 1 saturated heterocycles. The Bertz CT molecular complexity index is 973. The maximum Gasteiger partial charge on any atom is 0.230 e. The molecule has 0 spiro atoms. The van der Waals surface area contributed by atoms with Crippen molar-refractivity contribution in [1.82, 2.24) is 14.9 Å². The molecule has 1 aliphatic rings. The lowest BCUT2D eigenvalue weighted by Gasteiger charge is -2.19. The van der Waals surface area contributed by atoms with Crippen molar-refractivity contribution in [1.29, 1.82) is 0 Å². The number of nitrogens with zero attached hydrogens (tertiary/aromatic N) is 3. The Balaban J connectivity index is 1.40. The molecular formula is C18H19FN4O3S. The molecule has 1 amide bonds. The highest BCUT2D eigenvalue weighted by Gasteiger charge is 2.31. The van der Waals surface area contributed by atoms with Gasteiger partial charge in [-0.1, -0.05) is 11.3 Å². The molecule has 0 saturated carbocycles. The Morgan fingerprint density at radius 3 is 3.19 bits per heavy atom. The van der Waals surface area contributed by atoms with Crippen molar-refractivity contribution < 1.29 is 18.3 Å². The van der Waals surface area contributed by atoms with Crippen LogP contribution in [0.3, 0.4) is 0 Å². The molecule has 1 fully saturated rings. The highest BCUT2D eigenvalue weighted by Crippen LogP contribution is 2.29. The number of carbonyl (C=O) groups is 1. The number of amides is 1. The average molecular weight is 390 g/mol. The van der Waals surface area contributed by atoms with Crippen molar-refractivity contribution >= 4 is 33.5 Å². The number of ether oxygens (including phenoxy) is 1. The predicted octanol–water partition coefficient (Wildman–Crippen LogP) is 3.42. The van der Waals surface area contributed by atoms with Gasteiger partial charge < -0.3 is 14.5 Å². The highest BCUT2D eigenvalue weighted by atomic mass is 32.1. The van der Waals surface area contributed by atoms with Gasteiger partial charge in [0.2, 0.25) is 11.9 Å². The van der Waals surface area contributed by atoms with Gasteiger partial charge in [0.1, 0.15) is 17.4 Å². The minimum atomic E-state index is -0.531. The number of oxazole rings is 1. The molecule has 7 nitrogen and oxygen atoms in total. The third kappa shape index (κ3) is 3.93. The molecule has 1 aromatic carbocycles. The van der Waals surface area contributed by atoms with Gasteiger partial charge in [-0.2, -0.15) is 9.37 Å². The number of halogens is 1. The van der Waals surface area contributed by atoms with Crippen LogP contribution >= 0.6 is 11.3 Å². The van der Waals surface area contributed by atoms with Crippen LogP contribution in [0.5, 0.6) is 5.75 Å². The van der Waals surface area contributed by atoms with E-state index in [9.17, 15) is 9.18 Å². The first-order valence-corrected chi connectivity index (χ1v) is 9.46. The van der Waals surface area contributed by atoms with Crippen molar-refractivity contribution in [2.75, 3.05) is 11.9 Å². The average Bonchev–Trinajstić information content (AvgIpc) is 3.28. The topological polar surface area (TPSA) is 80.5 Å². The highest BCUT2D eigenvalue weighted by molar-refractivity contribution is 7.15. The van der Waals surface area contributed by atoms with E-state index < -0.39 is 5.95 Å². The molecular weight excluding hydrogens is 371 g/mol. The lowest BCUT2D eigenvalue weighted by atomic mass is 10.2. The molecule has 1 aliphatic heterocycles. The van der Waals surface area contributed by atoms with E-state index in [-0.39, 0.29) is 23.2 Å². The van der Waals surface area contributed by atoms with Crippen molar-refractivity contribution in [3.05, 3.63) is 35.4 Å². The molecule has 9 heteroatoms. The fraction of sp³-hybridized carbons (Fsp3) is 0.389. The van der Waals surface area contributed by atoms with E-state index in [0.29, 0.717) is 23.5 Å². The van der Waals surface area contributed by atoms with E-state index >= 15 is 0 Å². The zero-order valence-corrected chi connectivity index (χ0v) is 15.8. The standard InChI is InChI=1S/C18H19FN4O3S/c1-10-5-13(26-12-3-4-14-15(6-12)25-9-20-14)7-23(10)8-16-17(19)22-18(27-16)21-11(2)24/h3-4,6,9-10,13H,5,7-8H2,1-2H3,(H,21,22,24)/t10-,13+/m0/s1. The van der Waals surface area contributed by atoms with Gasteiger partial charge in [-0.15, -0.1) is 0 Å². The molecule has 0 aliphatic carbocycles. The van der Waals surface area contributed by atoms with Crippen LogP contribution in [0.1, 0.15) is 25.1 Å². The molecule has 0 bridgehead atoms. The molecule has 3 aromatic rings. The first-order valence-electron chi connectivity index (χ1n) is 8.64. The van der Waals surface area contributed by atoms with Gasteiger partial charge in [0.25, 0.3) is 0 Å². The summed E-state index contributed by atoms with van der Waals surface area (Å²) < 4.78 is 25.5. The molecule has 0 radical (unpaired) electrons. The van der Waals surface area contributed by atoms with Crippen molar-refractivity contribution in [3.63, 3.8) is 0 Å². The van der Waals surface area contributed by atoms with Crippen molar-refractivity contribution in [2.45, 2.75) is 39.0 Å². The maximum atomic E-state index is 14.1. The number of likely N-dealkylation sites (tertiary alicyclic amines) is 1. The van der Waals surface area contributed by atoms with E-state index in [1.165, 1.54) is 13.3 Å². The molecule has 0 unspecified atom stereocenters. The second kappa shape index (κ2) is 7.24. The normalized spacial score (nSPS) is 20.3. The van der Waals surface area contributed by atoms with E-state index in [1.807, 2.05) is 18.2 Å². The second-order valence-electron chi connectivity index (χ2n) is 6.65. The first kappa shape index (κ1) is 17.9. The number of anilines is 1. The van der Waals surface area contributed by atoms with E-state index in [2.05, 4.69) is 27.1 Å². The van der Waals surface area contributed by atoms with Gasteiger partial charge in [0.15, 0.2) is 17.1 Å². The Morgan fingerprint density at radius 1 is 1.52 bits per heavy atom. The minimum Gasteiger partial charge on any atom is -0.489 e. The van der Waals surface area contributed by atoms with Crippen LogP contribution < -0.4 is 10.1 Å². The van der Waals surface area contributed by atoms with Gasteiger partial charge in [0, 0.05) is 38.5 Å². The van der Waals surface area contributed by atoms with Gasteiger partial charge in [0.05, 0.1) is 4.88 Å². The van der Waals surface area contributed by atoms with Gasteiger partial charge >= 0.3 is 0 Å². The zero-order valence-electron chi connectivity index (χ0n) is 14.9. The SMILES string of the molecule is CC(=O)Nc1nc(F)c(CN2C[C@H](Oc3ccc4ncoc4c3)C[C@@H]2C)s1. The first-order chi connectivity index (χ1) is 13.0. The Labute approximate surface area is 159 Å². The quantitative estimate of drug-likeness (QED) is 0.719. The van der Waals surface area contributed by atoms with E-state index in [4.69, 9.17) is 9.15 Å². The minimum absolute atomic E-state index is 0.00571. The Hall–Kier alpha value is -2.52. The van der Waals surface area contributed by atoms with Crippen LogP contribution in [0, 0.1) is 5.95 Å². The summed E-state index contributed by atoms with van der Waals surface area (Å²) in [5.74, 6) is -0.0617. The Morgan fingerprint density at radius 2 is 2.37 bits per heavy atom. The summed E-state index contributed by atoms with van der Waals surface area (Å²) in [6, 6.07) is 5.81. The fourth-order valence-corrected chi connectivity index (χ4v) is 4.19. The smallest absolute Gasteiger partial charge is 0.230 e. The lowest BCUT2D eigenvalue weighted by molar-refractivity contribution is -0.114. The summed E-state index contributed by atoms with van der Waals surface area (Å²) in [5.41, 5.74) is 1.48. The van der Waals surface area contributed by atoms with Crippen LogP contribution in [0.2, 0.25) is 0 Å². The number of thiazole rings is 1. The number of aromatic nitrogens is 2. The van der Waals surface area contributed by atoms with Gasteiger partial charge in [-0.3, -0.25) is 9.69 Å². The molecule has 2 atom stereocenters. The third-order valence-corrected chi connectivity index (χ3v) is 5.48. The maximum absolute atomic E-state index is 14.1. The predicted molar refractivity (Wildman–Crippen MR) is 99.3 cm³/mol. The van der Waals surface area contributed by atoms with E-state index in [1.54, 1.807) is 0 Å². The number of benzene rings is 1. The summed E-state index contributed by atoms with van der Waals surface area (Å²) in [7, 11) is 0. The zero-order chi connectivity index (χ0) is 19.0. The van der Waals surface area contributed by atoms with Gasteiger partial charge in [-0.05, 0) is 19.1 Å². The van der Waals surface area contributed by atoms with Crippen LogP contribution in [0.15, 0.2) is 29.0 Å². The molecule has 2 aromatic heterocycles. The number of fused-ring (bicyclic) bond motifs is 1. The summed E-state index contributed by atoms with van der Waals surface area (Å²) in [6.45, 7) is 4.59. The number of hydrogen-bond acceptors (Lipinski definition) is 7. The summed E-state index contributed by atoms with van der Waals surface area (Å²) in [4.78, 5) is 21.6. The molecule has 4 rings (SSSR count). The summed E-state index contributed by atoms with van der Waals surface area (Å²) >= 11 is 1.16. The number of nitrogens with one attached hydrogen (secondary N) is 1. The molecule has 142 valence electrons. The summed E-state index contributed by atoms with van der Waals surface area (Å²) in [6.07, 6.45) is 2.26.